The number of likely N-dealkylation sites (tertiary alicyclic amines) is 1. The van der Waals surface area contributed by atoms with E-state index in [2.05, 4.69) is 4.90 Å². The summed E-state index contributed by atoms with van der Waals surface area (Å²) in [6, 6.07) is 14.1. The summed E-state index contributed by atoms with van der Waals surface area (Å²) in [6.07, 6.45) is 0.567. The Morgan fingerprint density at radius 2 is 1.97 bits per heavy atom. The molecule has 2 atom stereocenters. The Morgan fingerprint density at radius 1 is 1.21 bits per heavy atom. The van der Waals surface area contributed by atoms with Gasteiger partial charge in [0.05, 0.1) is 23.9 Å². The van der Waals surface area contributed by atoms with E-state index in [0.29, 0.717) is 38.4 Å². The van der Waals surface area contributed by atoms with Crippen molar-refractivity contribution in [3.05, 3.63) is 59.7 Å². The molecule has 2 aliphatic rings. The standard InChI is InChI=1S/C22H24N2O5/c1-28-11-10-24-18-4-2-3-5-20(18)29-17-12-19(21(24)25)23(14-17)13-15-6-8-16(9-7-15)22(26)27/h2-9,17,19H,10-14H2,1H3,(H,26,27). The second kappa shape index (κ2) is 8.23. The van der Waals surface area contributed by atoms with Crippen molar-refractivity contribution in [1.82, 2.24) is 4.90 Å². The maximum absolute atomic E-state index is 13.5. The average molecular weight is 396 g/mol. The van der Waals surface area contributed by atoms with Gasteiger partial charge in [0.1, 0.15) is 11.9 Å². The van der Waals surface area contributed by atoms with E-state index < -0.39 is 5.97 Å². The maximum Gasteiger partial charge on any atom is 0.335 e. The lowest BCUT2D eigenvalue weighted by Gasteiger charge is -2.31. The molecule has 2 aliphatic heterocycles. The summed E-state index contributed by atoms with van der Waals surface area (Å²) >= 11 is 0. The van der Waals surface area contributed by atoms with Crippen LogP contribution < -0.4 is 9.64 Å². The largest absolute Gasteiger partial charge is 0.487 e. The Bertz CT molecular complexity index is 898. The van der Waals surface area contributed by atoms with Crippen LogP contribution in [0.25, 0.3) is 0 Å². The van der Waals surface area contributed by atoms with Crippen LogP contribution in [0, 0.1) is 0 Å². The van der Waals surface area contributed by atoms with E-state index in [0.717, 1.165) is 11.3 Å². The topological polar surface area (TPSA) is 79.3 Å². The number of amides is 1. The number of carbonyl (C=O) groups is 2. The van der Waals surface area contributed by atoms with Crippen molar-refractivity contribution in [3.8, 4) is 5.75 Å². The van der Waals surface area contributed by atoms with Crippen LogP contribution >= 0.6 is 0 Å². The summed E-state index contributed by atoms with van der Waals surface area (Å²) in [4.78, 5) is 28.4. The molecule has 152 valence electrons. The molecular formula is C22H24N2O5. The first-order valence-electron chi connectivity index (χ1n) is 9.69. The van der Waals surface area contributed by atoms with Crippen molar-refractivity contribution in [2.45, 2.75) is 25.1 Å². The predicted octanol–water partition coefficient (Wildman–Crippen LogP) is 2.40. The lowest BCUT2D eigenvalue weighted by Crippen LogP contribution is -2.47. The molecule has 0 radical (unpaired) electrons. The molecule has 0 spiro atoms. The van der Waals surface area contributed by atoms with Crippen LogP contribution in [0.1, 0.15) is 22.3 Å². The number of hydrogen-bond donors (Lipinski definition) is 1. The van der Waals surface area contributed by atoms with Crippen LogP contribution in [-0.2, 0) is 16.1 Å². The highest BCUT2D eigenvalue weighted by molar-refractivity contribution is 5.99. The third kappa shape index (κ3) is 3.97. The van der Waals surface area contributed by atoms with Crippen LogP contribution in [-0.4, -0.2) is 60.8 Å². The third-order valence-electron chi connectivity index (χ3n) is 5.47. The van der Waals surface area contributed by atoms with Crippen molar-refractivity contribution in [2.24, 2.45) is 0 Å². The van der Waals surface area contributed by atoms with Gasteiger partial charge in [0, 0.05) is 33.2 Å². The van der Waals surface area contributed by atoms with E-state index in [9.17, 15) is 9.59 Å². The second-order valence-corrected chi connectivity index (χ2v) is 7.37. The average Bonchev–Trinajstić information content (AvgIpc) is 3.12. The smallest absolute Gasteiger partial charge is 0.335 e. The Balaban J connectivity index is 1.59. The zero-order valence-corrected chi connectivity index (χ0v) is 16.3. The molecule has 1 N–H and O–H groups in total. The molecule has 2 bridgehead atoms. The lowest BCUT2D eigenvalue weighted by molar-refractivity contribution is -0.123. The quantitative estimate of drug-likeness (QED) is 0.808. The normalized spacial score (nSPS) is 21.3. The van der Waals surface area contributed by atoms with Gasteiger partial charge in [0.25, 0.3) is 0 Å². The molecule has 2 heterocycles. The van der Waals surface area contributed by atoms with Crippen molar-refractivity contribution in [2.75, 3.05) is 31.7 Å². The number of carboxylic acid groups (broad SMARTS) is 1. The Hall–Kier alpha value is -2.90. The van der Waals surface area contributed by atoms with Crippen LogP contribution in [0.5, 0.6) is 5.75 Å². The molecule has 2 aromatic carbocycles. The number of methoxy groups -OCH3 is 1. The summed E-state index contributed by atoms with van der Waals surface area (Å²) in [5.74, 6) is -0.188. The Morgan fingerprint density at radius 3 is 2.69 bits per heavy atom. The number of hydrogen-bond acceptors (Lipinski definition) is 5. The summed E-state index contributed by atoms with van der Waals surface area (Å²) in [5, 5.41) is 9.08. The summed E-state index contributed by atoms with van der Waals surface area (Å²) < 4.78 is 11.5. The van der Waals surface area contributed by atoms with E-state index in [1.54, 1.807) is 36.3 Å². The number of ether oxygens (including phenoxy) is 2. The van der Waals surface area contributed by atoms with Crippen molar-refractivity contribution in [1.29, 1.82) is 0 Å². The molecule has 4 rings (SSSR count). The molecule has 2 unspecified atom stereocenters. The van der Waals surface area contributed by atoms with Gasteiger partial charge < -0.3 is 19.5 Å². The van der Waals surface area contributed by atoms with Crippen molar-refractivity contribution < 1.29 is 24.2 Å². The number of para-hydroxylation sites is 2. The van der Waals surface area contributed by atoms with Crippen molar-refractivity contribution >= 4 is 17.6 Å². The van der Waals surface area contributed by atoms with Gasteiger partial charge in [0.2, 0.25) is 5.91 Å². The highest BCUT2D eigenvalue weighted by Crippen LogP contribution is 2.36. The molecule has 0 aromatic heterocycles. The van der Waals surface area contributed by atoms with Gasteiger partial charge in [-0.25, -0.2) is 4.79 Å². The molecule has 2 aromatic rings. The molecule has 7 nitrogen and oxygen atoms in total. The number of fused-ring (bicyclic) bond motifs is 3. The SMILES string of the molecule is COCCN1C(=O)C2CC(CN2Cc2ccc(C(=O)O)cc2)Oc2ccccc21. The molecule has 0 aliphatic carbocycles. The number of carbonyl (C=O) groups excluding carboxylic acids is 1. The number of nitrogens with zero attached hydrogens (tertiary/aromatic N) is 2. The minimum atomic E-state index is -0.948. The number of rotatable bonds is 6. The minimum Gasteiger partial charge on any atom is -0.487 e. The predicted molar refractivity (Wildman–Crippen MR) is 107 cm³/mol. The molecule has 1 amide bonds. The zero-order valence-electron chi connectivity index (χ0n) is 16.3. The summed E-state index contributed by atoms with van der Waals surface area (Å²) in [6.45, 7) is 2.10. The van der Waals surface area contributed by atoms with Gasteiger partial charge in [-0.3, -0.25) is 9.69 Å². The fraction of sp³-hybridized carbons (Fsp3) is 0.364. The minimum absolute atomic E-state index is 0.0439. The van der Waals surface area contributed by atoms with Gasteiger partial charge in [-0.15, -0.1) is 0 Å². The van der Waals surface area contributed by atoms with E-state index >= 15 is 0 Å². The second-order valence-electron chi connectivity index (χ2n) is 7.37. The first kappa shape index (κ1) is 19.4. The highest BCUT2D eigenvalue weighted by Gasteiger charge is 2.42. The van der Waals surface area contributed by atoms with E-state index in [4.69, 9.17) is 14.6 Å². The van der Waals surface area contributed by atoms with Gasteiger partial charge in [-0.2, -0.15) is 0 Å². The molecule has 1 saturated heterocycles. The summed E-state index contributed by atoms with van der Waals surface area (Å²) in [5.41, 5.74) is 1.99. The summed E-state index contributed by atoms with van der Waals surface area (Å²) in [7, 11) is 1.62. The van der Waals surface area contributed by atoms with Crippen LogP contribution in [0.4, 0.5) is 5.69 Å². The zero-order chi connectivity index (χ0) is 20.4. The first-order chi connectivity index (χ1) is 14.1. The number of carboxylic acids is 1. The number of aromatic carboxylic acids is 1. The number of anilines is 1. The highest BCUT2D eigenvalue weighted by atomic mass is 16.5. The van der Waals surface area contributed by atoms with Crippen LogP contribution in [0.15, 0.2) is 48.5 Å². The van der Waals surface area contributed by atoms with Gasteiger partial charge >= 0.3 is 5.97 Å². The molecule has 0 saturated carbocycles. The van der Waals surface area contributed by atoms with E-state index in [1.165, 1.54) is 0 Å². The Labute approximate surface area is 169 Å². The first-order valence-corrected chi connectivity index (χ1v) is 9.69. The lowest BCUT2D eigenvalue weighted by atomic mass is 10.1. The van der Waals surface area contributed by atoms with E-state index in [-0.39, 0.29) is 23.6 Å². The van der Waals surface area contributed by atoms with Crippen molar-refractivity contribution in [3.63, 3.8) is 0 Å². The van der Waals surface area contributed by atoms with Crippen LogP contribution in [0.3, 0.4) is 0 Å². The fourth-order valence-electron chi connectivity index (χ4n) is 4.04. The Kier molecular flexibility index (Phi) is 5.51. The van der Waals surface area contributed by atoms with E-state index in [1.807, 2.05) is 24.3 Å². The monoisotopic (exact) mass is 396 g/mol. The maximum atomic E-state index is 13.5. The molecule has 7 heteroatoms. The van der Waals surface area contributed by atoms with Gasteiger partial charge in [-0.05, 0) is 29.8 Å². The van der Waals surface area contributed by atoms with Gasteiger partial charge in [-0.1, -0.05) is 24.3 Å². The van der Waals surface area contributed by atoms with Gasteiger partial charge in [0.15, 0.2) is 0 Å². The molecular weight excluding hydrogens is 372 g/mol. The molecule has 1 fully saturated rings. The van der Waals surface area contributed by atoms with Crippen LogP contribution in [0.2, 0.25) is 0 Å². The number of benzene rings is 2. The molecule has 29 heavy (non-hydrogen) atoms. The fourth-order valence-corrected chi connectivity index (χ4v) is 4.04. The third-order valence-corrected chi connectivity index (χ3v) is 5.47.